The van der Waals surface area contributed by atoms with Gasteiger partial charge in [0.2, 0.25) is 0 Å². The molecule has 0 atom stereocenters. The number of carbonyl (C=O) groups excluding carboxylic acids is 1. The second-order valence-electron chi connectivity index (χ2n) is 7.57. The lowest BCUT2D eigenvalue weighted by Crippen LogP contribution is -2.13. The molecule has 5 rings (SSSR count). The third-order valence-electron chi connectivity index (χ3n) is 5.22. The molecule has 29 heavy (non-hydrogen) atoms. The van der Waals surface area contributed by atoms with Crippen molar-refractivity contribution < 1.29 is 4.79 Å². The number of hydrogen-bond acceptors (Lipinski definition) is 5. The van der Waals surface area contributed by atoms with Gasteiger partial charge in [-0.2, -0.15) is 5.10 Å². The van der Waals surface area contributed by atoms with E-state index < -0.39 is 5.91 Å². The van der Waals surface area contributed by atoms with Gasteiger partial charge in [-0.05, 0) is 41.7 Å². The molecule has 3 aromatic heterocycles. The molecule has 144 valence electrons. The molecule has 0 unspecified atom stereocenters. The summed E-state index contributed by atoms with van der Waals surface area (Å²) in [5.74, 6) is 0.944. The van der Waals surface area contributed by atoms with Gasteiger partial charge in [0, 0.05) is 48.9 Å². The van der Waals surface area contributed by atoms with Crippen LogP contribution in [0.4, 0.5) is 0 Å². The number of fused-ring (bicyclic) bond motifs is 1. The van der Waals surface area contributed by atoms with E-state index in [4.69, 9.17) is 5.73 Å². The third kappa shape index (κ3) is 3.47. The Morgan fingerprint density at radius 2 is 1.93 bits per heavy atom. The zero-order chi connectivity index (χ0) is 20.0. The molecule has 0 bridgehead atoms. The Kier molecular flexibility index (Phi) is 4.08. The molecule has 3 heterocycles. The minimum absolute atomic E-state index is 0.241. The molecule has 1 aliphatic carbocycles. The predicted octanol–water partition coefficient (Wildman–Crippen LogP) is 2.99. The Morgan fingerprint density at radius 3 is 2.59 bits per heavy atom. The number of carbonyl (C=O) groups is 1. The summed E-state index contributed by atoms with van der Waals surface area (Å²) < 4.78 is 1.73. The lowest BCUT2D eigenvalue weighted by molar-refractivity contribution is 0.0996. The molecule has 1 saturated carbocycles. The first-order chi connectivity index (χ1) is 14.1. The van der Waals surface area contributed by atoms with E-state index in [2.05, 4.69) is 26.1 Å². The molecule has 2 N–H and O–H groups in total. The summed E-state index contributed by atoms with van der Waals surface area (Å²) in [4.78, 5) is 25.3. The number of primary amides is 1. The van der Waals surface area contributed by atoms with Crippen LogP contribution in [-0.2, 0) is 13.5 Å². The van der Waals surface area contributed by atoms with Crippen LogP contribution in [0.15, 0.2) is 49.1 Å². The summed E-state index contributed by atoms with van der Waals surface area (Å²) in [6.45, 7) is 0. The van der Waals surface area contributed by atoms with Crippen molar-refractivity contribution in [2.24, 2.45) is 12.8 Å². The molecule has 1 aliphatic rings. The number of benzene rings is 1. The van der Waals surface area contributed by atoms with Crippen molar-refractivity contribution in [2.75, 3.05) is 0 Å². The fourth-order valence-electron chi connectivity index (χ4n) is 3.55. The van der Waals surface area contributed by atoms with Crippen LogP contribution in [-0.4, -0.2) is 30.6 Å². The van der Waals surface area contributed by atoms with Crippen molar-refractivity contribution >= 4 is 16.8 Å². The zero-order valence-electron chi connectivity index (χ0n) is 16.0. The first-order valence-corrected chi connectivity index (χ1v) is 9.60. The SMILES string of the molecule is Cn1cc(-c2cc(C(N)=O)nc3cc(Cc4cnc(C5CC5)nc4)ccc23)cn1. The Hall–Kier alpha value is -3.61. The zero-order valence-corrected chi connectivity index (χ0v) is 16.0. The molecule has 1 aromatic carbocycles. The number of aromatic nitrogens is 5. The number of hydrogen-bond donors (Lipinski definition) is 1. The summed E-state index contributed by atoms with van der Waals surface area (Å²) in [6, 6.07) is 7.83. The number of amides is 1. The van der Waals surface area contributed by atoms with E-state index in [-0.39, 0.29) is 5.69 Å². The monoisotopic (exact) mass is 384 g/mol. The topological polar surface area (TPSA) is 99.6 Å². The largest absolute Gasteiger partial charge is 0.364 e. The van der Waals surface area contributed by atoms with Crippen LogP contribution < -0.4 is 5.73 Å². The van der Waals surface area contributed by atoms with Crippen molar-refractivity contribution in [1.82, 2.24) is 24.7 Å². The van der Waals surface area contributed by atoms with Crippen LogP contribution in [0.5, 0.6) is 0 Å². The van der Waals surface area contributed by atoms with Crippen LogP contribution in [0.2, 0.25) is 0 Å². The number of rotatable bonds is 5. The highest BCUT2D eigenvalue weighted by Crippen LogP contribution is 2.37. The van der Waals surface area contributed by atoms with Gasteiger partial charge in [-0.3, -0.25) is 9.48 Å². The van der Waals surface area contributed by atoms with Crippen LogP contribution >= 0.6 is 0 Å². The van der Waals surface area contributed by atoms with Crippen molar-refractivity contribution in [3.8, 4) is 11.1 Å². The predicted molar refractivity (Wildman–Crippen MR) is 109 cm³/mol. The lowest BCUT2D eigenvalue weighted by Gasteiger charge is -2.09. The van der Waals surface area contributed by atoms with E-state index in [1.165, 1.54) is 12.8 Å². The minimum Gasteiger partial charge on any atom is -0.364 e. The first-order valence-electron chi connectivity index (χ1n) is 9.60. The highest BCUT2D eigenvalue weighted by molar-refractivity contribution is 6.00. The van der Waals surface area contributed by atoms with Crippen LogP contribution in [0, 0.1) is 0 Å². The van der Waals surface area contributed by atoms with Gasteiger partial charge < -0.3 is 5.73 Å². The molecule has 7 nitrogen and oxygen atoms in total. The van der Waals surface area contributed by atoms with E-state index in [0.29, 0.717) is 12.3 Å². The molecule has 1 amide bonds. The molecule has 1 fully saturated rings. The maximum atomic E-state index is 11.8. The number of pyridine rings is 1. The molecule has 4 aromatic rings. The minimum atomic E-state index is -0.550. The lowest BCUT2D eigenvalue weighted by atomic mass is 9.99. The number of aryl methyl sites for hydroxylation is 1. The van der Waals surface area contributed by atoms with Crippen molar-refractivity contribution in [1.29, 1.82) is 0 Å². The average Bonchev–Trinajstić information content (AvgIpc) is 3.48. The molecular formula is C22H20N6O. The maximum Gasteiger partial charge on any atom is 0.267 e. The third-order valence-corrected chi connectivity index (χ3v) is 5.22. The Morgan fingerprint density at radius 1 is 1.14 bits per heavy atom. The second kappa shape index (κ2) is 6.77. The Labute approximate surface area is 167 Å². The summed E-state index contributed by atoms with van der Waals surface area (Å²) >= 11 is 0. The average molecular weight is 384 g/mol. The number of nitrogens with two attached hydrogens (primary N) is 1. The Bertz CT molecular complexity index is 1220. The molecule has 7 heteroatoms. The summed E-state index contributed by atoms with van der Waals surface area (Å²) in [5.41, 5.74) is 10.4. The highest BCUT2D eigenvalue weighted by atomic mass is 16.1. The Balaban J connectivity index is 1.53. The fourth-order valence-corrected chi connectivity index (χ4v) is 3.55. The van der Waals surface area contributed by atoms with Gasteiger partial charge in [0.15, 0.2) is 0 Å². The summed E-state index contributed by atoms with van der Waals surface area (Å²) in [7, 11) is 1.86. The van der Waals surface area contributed by atoms with E-state index in [1.807, 2.05) is 37.8 Å². The van der Waals surface area contributed by atoms with Gasteiger partial charge in [0.1, 0.15) is 11.5 Å². The summed E-state index contributed by atoms with van der Waals surface area (Å²) in [5, 5.41) is 5.19. The smallest absolute Gasteiger partial charge is 0.267 e. The van der Waals surface area contributed by atoms with E-state index in [0.717, 1.165) is 39.0 Å². The van der Waals surface area contributed by atoms with E-state index >= 15 is 0 Å². The number of nitrogens with zero attached hydrogens (tertiary/aromatic N) is 5. The van der Waals surface area contributed by atoms with Crippen LogP contribution in [0.25, 0.3) is 22.0 Å². The van der Waals surface area contributed by atoms with Gasteiger partial charge in [-0.25, -0.2) is 15.0 Å². The van der Waals surface area contributed by atoms with Crippen LogP contribution in [0.3, 0.4) is 0 Å². The van der Waals surface area contributed by atoms with Gasteiger partial charge >= 0.3 is 0 Å². The highest BCUT2D eigenvalue weighted by Gasteiger charge is 2.26. The van der Waals surface area contributed by atoms with Crippen molar-refractivity contribution in [2.45, 2.75) is 25.2 Å². The van der Waals surface area contributed by atoms with Crippen molar-refractivity contribution in [3.63, 3.8) is 0 Å². The van der Waals surface area contributed by atoms with E-state index in [9.17, 15) is 4.79 Å². The second-order valence-corrected chi connectivity index (χ2v) is 7.57. The summed E-state index contributed by atoms with van der Waals surface area (Å²) in [6.07, 6.45) is 10.6. The standard InChI is InChI=1S/C22H20N6O/c1-28-12-16(11-26-28)18-8-20(21(23)29)27-19-7-13(2-5-17(18)19)6-14-9-24-22(25-10-14)15-3-4-15/h2,5,7-12,15H,3-4,6H2,1H3,(H2,23,29). The van der Waals surface area contributed by atoms with Gasteiger partial charge in [-0.1, -0.05) is 12.1 Å². The molecule has 0 aliphatic heterocycles. The maximum absolute atomic E-state index is 11.8. The quantitative estimate of drug-likeness (QED) is 0.570. The van der Waals surface area contributed by atoms with Gasteiger partial charge in [0.05, 0.1) is 11.7 Å². The van der Waals surface area contributed by atoms with E-state index in [1.54, 1.807) is 16.9 Å². The molecule has 0 saturated heterocycles. The normalized spacial score (nSPS) is 13.7. The van der Waals surface area contributed by atoms with Gasteiger partial charge in [-0.15, -0.1) is 0 Å². The van der Waals surface area contributed by atoms with Gasteiger partial charge in [0.25, 0.3) is 5.91 Å². The molecular weight excluding hydrogens is 364 g/mol. The molecule has 0 spiro atoms. The first kappa shape index (κ1) is 17.5. The van der Waals surface area contributed by atoms with Crippen molar-refractivity contribution in [3.05, 3.63) is 71.7 Å². The molecule has 0 radical (unpaired) electrons. The fraction of sp³-hybridized carbons (Fsp3) is 0.227. The van der Waals surface area contributed by atoms with Crippen LogP contribution in [0.1, 0.15) is 46.2 Å².